The number of aliphatic hydroxyl groups excluding tert-OH is 1. The normalized spacial score (nSPS) is 14.4. The molecular formula is C10H19NO4. The molecule has 0 aliphatic carbocycles. The molecule has 0 bridgehead atoms. The highest BCUT2D eigenvalue weighted by molar-refractivity contribution is 5.88. The van der Waals surface area contributed by atoms with Gasteiger partial charge in [0.25, 0.3) is 0 Å². The van der Waals surface area contributed by atoms with Crippen LogP contribution in [0.5, 0.6) is 0 Å². The van der Waals surface area contributed by atoms with Gasteiger partial charge in [0, 0.05) is 18.7 Å². The number of esters is 1. The van der Waals surface area contributed by atoms with Gasteiger partial charge in [0.05, 0.1) is 18.8 Å². The van der Waals surface area contributed by atoms with Gasteiger partial charge in [-0.05, 0) is 13.8 Å². The highest BCUT2D eigenvalue weighted by atomic mass is 16.5. The minimum atomic E-state index is -1.19. The molecule has 0 saturated carbocycles. The first-order valence-electron chi connectivity index (χ1n) is 4.82. The molecule has 88 valence electrons. The van der Waals surface area contributed by atoms with Crippen molar-refractivity contribution in [3.63, 3.8) is 0 Å². The fraction of sp³-hybridized carbons (Fsp3) is 0.700. The first kappa shape index (κ1) is 14.1. The molecule has 15 heavy (non-hydrogen) atoms. The lowest BCUT2D eigenvalue weighted by molar-refractivity contribution is -0.138. The van der Waals surface area contributed by atoms with Gasteiger partial charge in [-0.25, -0.2) is 4.79 Å². The van der Waals surface area contributed by atoms with E-state index in [9.17, 15) is 9.90 Å². The Balaban J connectivity index is 3.77. The minimum absolute atomic E-state index is 0.182. The summed E-state index contributed by atoms with van der Waals surface area (Å²) in [6, 6.07) is 0. The van der Waals surface area contributed by atoms with Crippen LogP contribution in [0, 0.1) is 0 Å². The average molecular weight is 217 g/mol. The quantitative estimate of drug-likeness (QED) is 0.393. The number of carbonyl (C=O) groups excluding carboxylic acids is 1. The van der Waals surface area contributed by atoms with Crippen molar-refractivity contribution in [2.75, 3.05) is 26.3 Å². The van der Waals surface area contributed by atoms with Crippen molar-refractivity contribution in [1.29, 1.82) is 0 Å². The van der Waals surface area contributed by atoms with Crippen molar-refractivity contribution >= 4 is 5.97 Å². The van der Waals surface area contributed by atoms with E-state index in [4.69, 9.17) is 9.84 Å². The Morgan fingerprint density at radius 3 is 2.67 bits per heavy atom. The number of carbonyl (C=O) groups is 1. The second kappa shape index (κ2) is 6.55. The molecule has 0 spiro atoms. The molecular weight excluding hydrogens is 198 g/mol. The molecule has 3 N–H and O–H groups in total. The second-order valence-electron chi connectivity index (χ2n) is 3.58. The maximum absolute atomic E-state index is 11.1. The Labute approximate surface area is 89.7 Å². The lowest BCUT2D eigenvalue weighted by Gasteiger charge is -2.20. The molecule has 0 rings (SSSR count). The van der Waals surface area contributed by atoms with E-state index in [1.807, 2.05) is 0 Å². The maximum Gasteiger partial charge on any atom is 0.334 e. The van der Waals surface area contributed by atoms with E-state index in [2.05, 4.69) is 11.9 Å². The molecule has 0 saturated heterocycles. The third-order valence-corrected chi connectivity index (χ3v) is 1.75. The van der Waals surface area contributed by atoms with Crippen LogP contribution in [0.25, 0.3) is 0 Å². The predicted octanol–water partition coefficient (Wildman–Crippen LogP) is -0.561. The van der Waals surface area contributed by atoms with E-state index in [0.29, 0.717) is 12.2 Å². The summed E-state index contributed by atoms with van der Waals surface area (Å²) in [4.78, 5) is 11.1. The highest BCUT2D eigenvalue weighted by Crippen LogP contribution is 1.99. The van der Waals surface area contributed by atoms with Crippen molar-refractivity contribution < 1.29 is 19.7 Å². The average Bonchev–Trinajstić information content (AvgIpc) is 2.18. The Kier molecular flexibility index (Phi) is 6.15. The van der Waals surface area contributed by atoms with Crippen LogP contribution in [-0.4, -0.2) is 48.1 Å². The van der Waals surface area contributed by atoms with Crippen LogP contribution in [-0.2, 0) is 9.53 Å². The number of ether oxygens (including phenoxy) is 1. The summed E-state index contributed by atoms with van der Waals surface area (Å²) >= 11 is 0. The van der Waals surface area contributed by atoms with E-state index >= 15 is 0 Å². The van der Waals surface area contributed by atoms with Gasteiger partial charge < -0.3 is 20.3 Å². The summed E-state index contributed by atoms with van der Waals surface area (Å²) < 4.78 is 4.72. The van der Waals surface area contributed by atoms with E-state index in [0.717, 1.165) is 0 Å². The Bertz CT molecular complexity index is 225. The molecule has 0 fully saturated rings. The van der Waals surface area contributed by atoms with E-state index < -0.39 is 11.6 Å². The molecule has 5 nitrogen and oxygen atoms in total. The smallest absolute Gasteiger partial charge is 0.334 e. The zero-order chi connectivity index (χ0) is 11.9. The van der Waals surface area contributed by atoms with E-state index in [-0.39, 0.29) is 19.7 Å². The van der Waals surface area contributed by atoms with Crippen molar-refractivity contribution in [2.45, 2.75) is 19.4 Å². The fourth-order valence-electron chi connectivity index (χ4n) is 0.844. The zero-order valence-electron chi connectivity index (χ0n) is 9.25. The maximum atomic E-state index is 11.1. The molecule has 0 aliphatic rings. The van der Waals surface area contributed by atoms with Crippen LogP contribution in [0.2, 0.25) is 0 Å². The second-order valence-corrected chi connectivity index (χ2v) is 3.58. The lowest BCUT2D eigenvalue weighted by atomic mass is 10.1. The van der Waals surface area contributed by atoms with Gasteiger partial charge in [-0.15, -0.1) is 0 Å². The lowest BCUT2D eigenvalue weighted by Crippen LogP contribution is -2.41. The Morgan fingerprint density at radius 2 is 2.20 bits per heavy atom. The number of rotatable bonds is 7. The summed E-state index contributed by atoms with van der Waals surface area (Å²) in [6.45, 7) is 7.13. The third kappa shape index (κ3) is 6.22. The monoisotopic (exact) mass is 217 g/mol. The molecule has 0 heterocycles. The van der Waals surface area contributed by atoms with Gasteiger partial charge in [-0.2, -0.15) is 0 Å². The van der Waals surface area contributed by atoms with Gasteiger partial charge in [-0.3, -0.25) is 0 Å². The summed E-state index contributed by atoms with van der Waals surface area (Å²) in [5.74, 6) is -0.450. The van der Waals surface area contributed by atoms with E-state index in [1.54, 1.807) is 6.92 Å². The third-order valence-electron chi connectivity index (χ3n) is 1.75. The largest absolute Gasteiger partial charge is 0.463 e. The van der Waals surface area contributed by atoms with Crippen molar-refractivity contribution in [2.24, 2.45) is 0 Å². The first-order valence-corrected chi connectivity index (χ1v) is 4.82. The van der Waals surface area contributed by atoms with Gasteiger partial charge in [0.2, 0.25) is 0 Å². The number of nitrogens with one attached hydrogen (secondary N) is 1. The molecule has 0 aromatic heterocycles. The molecule has 0 aromatic rings. The topological polar surface area (TPSA) is 78.8 Å². The molecule has 0 radical (unpaired) electrons. The number of hydrogen-bond acceptors (Lipinski definition) is 5. The van der Waals surface area contributed by atoms with E-state index in [1.165, 1.54) is 6.92 Å². The molecule has 5 heteroatoms. The van der Waals surface area contributed by atoms with Crippen molar-refractivity contribution in [3.8, 4) is 0 Å². The fourth-order valence-corrected chi connectivity index (χ4v) is 0.844. The summed E-state index contributed by atoms with van der Waals surface area (Å²) in [5, 5.41) is 21.0. The number of hydrogen-bond donors (Lipinski definition) is 3. The molecule has 1 atom stereocenters. The van der Waals surface area contributed by atoms with Crippen molar-refractivity contribution in [1.82, 2.24) is 5.32 Å². The molecule has 0 aliphatic heterocycles. The molecule has 0 amide bonds. The van der Waals surface area contributed by atoms with Crippen LogP contribution in [0.1, 0.15) is 13.8 Å². The van der Waals surface area contributed by atoms with Crippen LogP contribution >= 0.6 is 0 Å². The zero-order valence-corrected chi connectivity index (χ0v) is 9.25. The van der Waals surface area contributed by atoms with Gasteiger partial charge in [-0.1, -0.05) is 6.58 Å². The standard InChI is InChI=1S/C10H19NO4/c1-4-15-9(13)8(2)5-11-6-10(3,14)7-12/h11-12,14H,2,4-7H2,1,3H3. The van der Waals surface area contributed by atoms with Gasteiger partial charge >= 0.3 is 5.97 Å². The minimum Gasteiger partial charge on any atom is -0.463 e. The van der Waals surface area contributed by atoms with Gasteiger partial charge in [0.15, 0.2) is 0 Å². The Morgan fingerprint density at radius 1 is 1.60 bits per heavy atom. The summed E-state index contributed by atoms with van der Waals surface area (Å²) in [6.07, 6.45) is 0. The van der Waals surface area contributed by atoms with Crippen LogP contribution < -0.4 is 5.32 Å². The van der Waals surface area contributed by atoms with Crippen molar-refractivity contribution in [3.05, 3.63) is 12.2 Å². The number of aliphatic hydroxyl groups is 2. The van der Waals surface area contributed by atoms with Crippen LogP contribution in [0.15, 0.2) is 12.2 Å². The summed E-state index contributed by atoms with van der Waals surface area (Å²) in [7, 11) is 0. The van der Waals surface area contributed by atoms with Gasteiger partial charge in [0.1, 0.15) is 0 Å². The highest BCUT2D eigenvalue weighted by Gasteiger charge is 2.18. The SMILES string of the molecule is C=C(CNCC(C)(O)CO)C(=O)OCC. The molecule has 1 unspecified atom stereocenters. The molecule has 0 aromatic carbocycles. The predicted molar refractivity (Wildman–Crippen MR) is 56.4 cm³/mol. The van der Waals surface area contributed by atoms with Crippen LogP contribution in [0.3, 0.4) is 0 Å². The first-order chi connectivity index (χ1) is 6.93. The van der Waals surface area contributed by atoms with Crippen LogP contribution in [0.4, 0.5) is 0 Å². The Hall–Kier alpha value is -0.910. The summed E-state index contributed by atoms with van der Waals surface area (Å²) in [5.41, 5.74) is -0.889.